The largest absolute Gasteiger partial charge is 0.491 e. The predicted octanol–water partition coefficient (Wildman–Crippen LogP) is 1.37. The molecule has 0 bridgehead atoms. The molecule has 0 aliphatic rings. The van der Waals surface area contributed by atoms with Crippen LogP contribution in [0.25, 0.3) is 0 Å². The van der Waals surface area contributed by atoms with E-state index in [9.17, 15) is 4.79 Å². The molecule has 0 heterocycles. The summed E-state index contributed by atoms with van der Waals surface area (Å²) in [6.45, 7) is 6.76. The van der Waals surface area contributed by atoms with Crippen LogP contribution in [-0.4, -0.2) is 45.4 Å². The fourth-order valence-corrected chi connectivity index (χ4v) is 1.84. The number of para-hydroxylation sites is 1. The van der Waals surface area contributed by atoms with Crippen LogP contribution in [0, 0.1) is 0 Å². The number of methoxy groups -OCH3 is 1. The van der Waals surface area contributed by atoms with Crippen LogP contribution in [0.3, 0.4) is 0 Å². The minimum Gasteiger partial charge on any atom is -0.491 e. The lowest BCUT2D eigenvalue weighted by molar-refractivity contribution is -0.120. The smallest absolute Gasteiger partial charge is 0.224 e. The normalized spacial score (nSPS) is 10.7. The summed E-state index contributed by atoms with van der Waals surface area (Å²) in [7, 11) is 1.67. The minimum atomic E-state index is 0.00310. The van der Waals surface area contributed by atoms with Crippen molar-refractivity contribution < 1.29 is 14.3 Å². The summed E-state index contributed by atoms with van der Waals surface area (Å²) in [4.78, 5) is 11.9. The quantitative estimate of drug-likeness (QED) is 0.640. The second-order valence-corrected chi connectivity index (χ2v) is 5.04. The van der Waals surface area contributed by atoms with Crippen LogP contribution >= 0.6 is 0 Å². The standard InChI is InChI=1S/C16H26N2O3/c1-13(2)21-15-7-5-4-6-14(15)12-16(19)18-9-8-17-10-11-20-3/h4-7,13,17H,8-12H2,1-3H3,(H,18,19). The lowest BCUT2D eigenvalue weighted by atomic mass is 10.1. The molecule has 1 aromatic rings. The molecule has 0 aliphatic heterocycles. The summed E-state index contributed by atoms with van der Waals surface area (Å²) >= 11 is 0. The van der Waals surface area contributed by atoms with E-state index >= 15 is 0 Å². The number of carbonyl (C=O) groups is 1. The summed E-state index contributed by atoms with van der Waals surface area (Å²) in [6.07, 6.45) is 0.431. The van der Waals surface area contributed by atoms with E-state index in [-0.39, 0.29) is 12.0 Å². The Morgan fingerprint density at radius 1 is 1.19 bits per heavy atom. The van der Waals surface area contributed by atoms with E-state index in [0.717, 1.165) is 24.4 Å². The zero-order valence-electron chi connectivity index (χ0n) is 13.1. The Balaban J connectivity index is 2.34. The maximum Gasteiger partial charge on any atom is 0.224 e. The van der Waals surface area contributed by atoms with Gasteiger partial charge in [0.25, 0.3) is 0 Å². The SMILES string of the molecule is COCCNCCNC(=O)Cc1ccccc1OC(C)C. The molecule has 1 rings (SSSR count). The highest BCUT2D eigenvalue weighted by Crippen LogP contribution is 2.19. The highest BCUT2D eigenvalue weighted by Gasteiger charge is 2.09. The van der Waals surface area contributed by atoms with Crippen LogP contribution in [0.1, 0.15) is 19.4 Å². The van der Waals surface area contributed by atoms with Crippen molar-refractivity contribution >= 4 is 5.91 Å². The van der Waals surface area contributed by atoms with Gasteiger partial charge < -0.3 is 20.1 Å². The molecule has 5 heteroatoms. The molecule has 0 aromatic heterocycles. The molecule has 0 aliphatic carbocycles. The molecule has 2 N–H and O–H groups in total. The maximum atomic E-state index is 11.9. The lowest BCUT2D eigenvalue weighted by Crippen LogP contribution is -2.33. The molecule has 0 spiro atoms. The number of carbonyl (C=O) groups excluding carboxylic acids is 1. The molecule has 0 unspecified atom stereocenters. The van der Waals surface area contributed by atoms with E-state index < -0.39 is 0 Å². The highest BCUT2D eigenvalue weighted by atomic mass is 16.5. The predicted molar refractivity (Wildman–Crippen MR) is 83.7 cm³/mol. The second kappa shape index (κ2) is 10.2. The molecule has 1 aromatic carbocycles. The average molecular weight is 294 g/mol. The monoisotopic (exact) mass is 294 g/mol. The molecule has 0 atom stereocenters. The Morgan fingerprint density at radius 2 is 1.95 bits per heavy atom. The van der Waals surface area contributed by atoms with Crippen molar-refractivity contribution in [2.45, 2.75) is 26.4 Å². The van der Waals surface area contributed by atoms with Gasteiger partial charge in [-0.2, -0.15) is 0 Å². The van der Waals surface area contributed by atoms with E-state index in [1.54, 1.807) is 7.11 Å². The summed E-state index contributed by atoms with van der Waals surface area (Å²) < 4.78 is 10.6. The Bertz CT molecular complexity index is 422. The molecular formula is C16H26N2O3. The first kappa shape index (κ1) is 17.5. The van der Waals surface area contributed by atoms with E-state index in [0.29, 0.717) is 19.6 Å². The molecule has 21 heavy (non-hydrogen) atoms. The zero-order chi connectivity index (χ0) is 15.5. The molecule has 0 fully saturated rings. The van der Waals surface area contributed by atoms with Crippen molar-refractivity contribution in [3.63, 3.8) is 0 Å². The van der Waals surface area contributed by atoms with Gasteiger partial charge in [0.2, 0.25) is 5.91 Å². The summed E-state index contributed by atoms with van der Waals surface area (Å²) in [5.74, 6) is 0.782. The molecule has 1 amide bonds. The van der Waals surface area contributed by atoms with Gasteiger partial charge in [0.1, 0.15) is 5.75 Å². The Hall–Kier alpha value is -1.59. The number of nitrogens with one attached hydrogen (secondary N) is 2. The molecule has 0 saturated carbocycles. The summed E-state index contributed by atoms with van der Waals surface area (Å²) in [5, 5.41) is 6.07. The van der Waals surface area contributed by atoms with Crippen molar-refractivity contribution in [2.24, 2.45) is 0 Å². The lowest BCUT2D eigenvalue weighted by Gasteiger charge is -2.14. The third-order valence-corrected chi connectivity index (χ3v) is 2.79. The Morgan fingerprint density at radius 3 is 2.67 bits per heavy atom. The fraction of sp³-hybridized carbons (Fsp3) is 0.562. The fourth-order valence-electron chi connectivity index (χ4n) is 1.84. The van der Waals surface area contributed by atoms with Gasteiger partial charge in [0.05, 0.1) is 19.1 Å². The number of benzene rings is 1. The van der Waals surface area contributed by atoms with Gasteiger partial charge in [-0.25, -0.2) is 0 Å². The molecule has 118 valence electrons. The third kappa shape index (κ3) is 7.68. The third-order valence-electron chi connectivity index (χ3n) is 2.79. The number of amides is 1. The van der Waals surface area contributed by atoms with Crippen molar-refractivity contribution in [3.8, 4) is 5.75 Å². The van der Waals surface area contributed by atoms with Gasteiger partial charge in [-0.1, -0.05) is 18.2 Å². The summed E-state index contributed by atoms with van der Waals surface area (Å²) in [5.41, 5.74) is 0.913. The van der Waals surface area contributed by atoms with Crippen molar-refractivity contribution in [1.82, 2.24) is 10.6 Å². The second-order valence-electron chi connectivity index (χ2n) is 5.04. The average Bonchev–Trinajstić information content (AvgIpc) is 2.44. The first-order valence-electron chi connectivity index (χ1n) is 7.34. The zero-order valence-corrected chi connectivity index (χ0v) is 13.1. The van der Waals surface area contributed by atoms with Crippen LogP contribution in [0.2, 0.25) is 0 Å². The molecule has 0 radical (unpaired) electrons. The van der Waals surface area contributed by atoms with E-state index in [4.69, 9.17) is 9.47 Å². The van der Waals surface area contributed by atoms with Crippen LogP contribution in [-0.2, 0) is 16.0 Å². The van der Waals surface area contributed by atoms with Crippen molar-refractivity contribution in [2.75, 3.05) is 33.4 Å². The van der Waals surface area contributed by atoms with E-state index in [2.05, 4.69) is 10.6 Å². The Labute approximate surface area is 127 Å². The van der Waals surface area contributed by atoms with Gasteiger partial charge in [-0.3, -0.25) is 4.79 Å². The van der Waals surface area contributed by atoms with Gasteiger partial charge in [-0.15, -0.1) is 0 Å². The van der Waals surface area contributed by atoms with Crippen molar-refractivity contribution in [1.29, 1.82) is 0 Å². The van der Waals surface area contributed by atoms with Crippen LogP contribution in [0.4, 0.5) is 0 Å². The van der Waals surface area contributed by atoms with Gasteiger partial charge >= 0.3 is 0 Å². The summed E-state index contributed by atoms with van der Waals surface area (Å²) in [6, 6.07) is 7.66. The highest BCUT2D eigenvalue weighted by molar-refractivity contribution is 5.79. The number of rotatable bonds is 10. The number of ether oxygens (including phenoxy) is 2. The van der Waals surface area contributed by atoms with E-state index in [1.807, 2.05) is 38.1 Å². The van der Waals surface area contributed by atoms with Crippen LogP contribution in [0.15, 0.2) is 24.3 Å². The molecule has 5 nitrogen and oxygen atoms in total. The van der Waals surface area contributed by atoms with Gasteiger partial charge in [0.15, 0.2) is 0 Å². The topological polar surface area (TPSA) is 59.6 Å². The van der Waals surface area contributed by atoms with Crippen LogP contribution in [0.5, 0.6) is 5.75 Å². The number of hydrogen-bond donors (Lipinski definition) is 2. The first-order valence-corrected chi connectivity index (χ1v) is 7.34. The molecular weight excluding hydrogens is 268 g/mol. The first-order chi connectivity index (χ1) is 10.1. The maximum absolute atomic E-state index is 11.9. The molecule has 0 saturated heterocycles. The number of hydrogen-bond acceptors (Lipinski definition) is 4. The van der Waals surface area contributed by atoms with E-state index in [1.165, 1.54) is 0 Å². The van der Waals surface area contributed by atoms with Gasteiger partial charge in [0, 0.05) is 32.3 Å². The van der Waals surface area contributed by atoms with Gasteiger partial charge in [-0.05, 0) is 19.9 Å². The van der Waals surface area contributed by atoms with Crippen molar-refractivity contribution in [3.05, 3.63) is 29.8 Å². The Kier molecular flexibility index (Phi) is 8.47. The van der Waals surface area contributed by atoms with Crippen LogP contribution < -0.4 is 15.4 Å². The minimum absolute atomic E-state index is 0.00310.